The molecule has 0 spiro atoms. The van der Waals surface area contributed by atoms with E-state index in [2.05, 4.69) is 27.3 Å². The van der Waals surface area contributed by atoms with Crippen LogP contribution in [-0.4, -0.2) is 51.2 Å². The summed E-state index contributed by atoms with van der Waals surface area (Å²) in [5.41, 5.74) is 2.23. The molecule has 8 heteroatoms. The number of carbonyl (C=O) groups is 2. The zero-order valence-electron chi connectivity index (χ0n) is 18.2. The number of Topliss-reactive ketones (excluding diaryl/α,β-unsaturated/α-hetero) is 1. The summed E-state index contributed by atoms with van der Waals surface area (Å²) >= 11 is 1.34. The lowest BCUT2D eigenvalue weighted by molar-refractivity contribution is -0.113. The fourth-order valence-corrected chi connectivity index (χ4v) is 4.06. The lowest BCUT2D eigenvalue weighted by Gasteiger charge is -2.23. The summed E-state index contributed by atoms with van der Waals surface area (Å²) in [6.07, 6.45) is 0.888. The maximum Gasteiger partial charge on any atom is 0.234 e. The van der Waals surface area contributed by atoms with Gasteiger partial charge in [0.05, 0.1) is 11.8 Å². The van der Waals surface area contributed by atoms with Crippen LogP contribution < -0.4 is 5.32 Å². The molecular weight excluding hydrogens is 410 g/mol. The molecule has 0 aliphatic rings. The summed E-state index contributed by atoms with van der Waals surface area (Å²) in [6, 6.07) is 16.9. The molecule has 0 aliphatic heterocycles. The van der Waals surface area contributed by atoms with E-state index in [1.165, 1.54) is 18.7 Å². The molecular formula is C23H27N5O2S. The van der Waals surface area contributed by atoms with Gasteiger partial charge in [0.2, 0.25) is 5.91 Å². The lowest BCUT2D eigenvalue weighted by atomic mass is 10.1. The molecule has 0 saturated carbocycles. The SMILES string of the molecule is CCC(c1nnc(SCC(=O)Nc2ccc(C(C)=O)cc2)n1-c1ccccc1)N(C)C. The topological polar surface area (TPSA) is 80.1 Å². The highest BCUT2D eigenvalue weighted by atomic mass is 32.2. The van der Waals surface area contributed by atoms with E-state index in [0.29, 0.717) is 16.4 Å². The fourth-order valence-electron chi connectivity index (χ4n) is 3.30. The van der Waals surface area contributed by atoms with Gasteiger partial charge in [-0.15, -0.1) is 10.2 Å². The summed E-state index contributed by atoms with van der Waals surface area (Å²) < 4.78 is 2.02. The number of nitrogens with zero attached hydrogens (tertiary/aromatic N) is 4. The van der Waals surface area contributed by atoms with Crippen molar-refractivity contribution in [3.63, 3.8) is 0 Å². The number of nitrogens with one attached hydrogen (secondary N) is 1. The van der Waals surface area contributed by atoms with Crippen LogP contribution in [0.2, 0.25) is 0 Å². The number of hydrogen-bond acceptors (Lipinski definition) is 6. The maximum absolute atomic E-state index is 12.5. The van der Waals surface area contributed by atoms with Gasteiger partial charge in [-0.3, -0.25) is 19.1 Å². The number of ketones is 1. The summed E-state index contributed by atoms with van der Waals surface area (Å²) in [6.45, 7) is 3.63. The number of para-hydroxylation sites is 1. The highest BCUT2D eigenvalue weighted by molar-refractivity contribution is 7.99. The number of aromatic nitrogens is 3. The summed E-state index contributed by atoms with van der Waals surface area (Å²) in [5.74, 6) is 0.886. The number of benzene rings is 2. The Morgan fingerprint density at radius 1 is 1.06 bits per heavy atom. The average Bonchev–Trinajstić information content (AvgIpc) is 3.17. The Balaban J connectivity index is 1.77. The molecule has 0 bridgehead atoms. The fraction of sp³-hybridized carbons (Fsp3) is 0.304. The van der Waals surface area contributed by atoms with Gasteiger partial charge in [-0.25, -0.2) is 0 Å². The van der Waals surface area contributed by atoms with Crippen molar-refractivity contribution in [3.8, 4) is 5.69 Å². The van der Waals surface area contributed by atoms with Crippen molar-refractivity contribution in [2.24, 2.45) is 0 Å². The van der Waals surface area contributed by atoms with Crippen molar-refractivity contribution in [2.45, 2.75) is 31.5 Å². The Kier molecular flexibility index (Phi) is 7.59. The van der Waals surface area contributed by atoms with Crippen LogP contribution in [0.3, 0.4) is 0 Å². The van der Waals surface area contributed by atoms with E-state index in [1.54, 1.807) is 24.3 Å². The Morgan fingerprint density at radius 2 is 1.74 bits per heavy atom. The minimum Gasteiger partial charge on any atom is -0.325 e. The molecule has 1 atom stereocenters. The van der Waals surface area contributed by atoms with Crippen LogP contribution >= 0.6 is 11.8 Å². The maximum atomic E-state index is 12.5. The third kappa shape index (κ3) is 5.59. The zero-order valence-corrected chi connectivity index (χ0v) is 19.0. The van der Waals surface area contributed by atoms with E-state index in [0.717, 1.165) is 17.9 Å². The quantitative estimate of drug-likeness (QED) is 0.399. The minimum atomic E-state index is -0.149. The van der Waals surface area contributed by atoms with E-state index in [4.69, 9.17) is 0 Å². The molecule has 1 heterocycles. The first kappa shape index (κ1) is 22.7. The summed E-state index contributed by atoms with van der Waals surface area (Å²) in [4.78, 5) is 26.0. The van der Waals surface area contributed by atoms with Crippen LogP contribution in [0.5, 0.6) is 0 Å². The number of rotatable bonds is 9. The third-order valence-corrected chi connectivity index (χ3v) is 5.82. The standard InChI is InChI=1S/C23H27N5O2S/c1-5-20(27(3)4)22-25-26-23(28(22)19-9-7-6-8-10-19)31-15-21(30)24-18-13-11-17(12-14-18)16(2)29/h6-14,20H,5,15H2,1-4H3,(H,24,30). The van der Waals surface area contributed by atoms with Crippen molar-refractivity contribution in [2.75, 3.05) is 25.2 Å². The van der Waals surface area contributed by atoms with Gasteiger partial charge < -0.3 is 5.32 Å². The van der Waals surface area contributed by atoms with Gasteiger partial charge in [-0.2, -0.15) is 0 Å². The number of anilines is 1. The zero-order chi connectivity index (χ0) is 22.4. The number of carbonyl (C=O) groups excluding carboxylic acids is 2. The highest BCUT2D eigenvalue weighted by Gasteiger charge is 2.23. The van der Waals surface area contributed by atoms with Crippen molar-refractivity contribution in [1.82, 2.24) is 19.7 Å². The summed E-state index contributed by atoms with van der Waals surface area (Å²) in [5, 5.41) is 12.4. The molecule has 0 radical (unpaired) electrons. The molecule has 0 fully saturated rings. The number of amides is 1. The lowest BCUT2D eigenvalue weighted by Crippen LogP contribution is -2.23. The predicted octanol–water partition coefficient (Wildman–Crippen LogP) is 4.21. The van der Waals surface area contributed by atoms with Crippen molar-refractivity contribution < 1.29 is 9.59 Å². The van der Waals surface area contributed by atoms with Gasteiger partial charge in [0.25, 0.3) is 0 Å². The van der Waals surface area contributed by atoms with Gasteiger partial charge >= 0.3 is 0 Å². The van der Waals surface area contributed by atoms with E-state index >= 15 is 0 Å². The number of thioether (sulfide) groups is 1. The van der Waals surface area contributed by atoms with Crippen LogP contribution in [-0.2, 0) is 4.79 Å². The average molecular weight is 438 g/mol. The molecule has 1 unspecified atom stereocenters. The van der Waals surface area contributed by atoms with Gasteiger partial charge in [0.15, 0.2) is 16.8 Å². The molecule has 31 heavy (non-hydrogen) atoms. The second kappa shape index (κ2) is 10.4. The monoisotopic (exact) mass is 437 g/mol. The third-order valence-electron chi connectivity index (χ3n) is 4.89. The van der Waals surface area contributed by atoms with Crippen LogP contribution in [0.15, 0.2) is 59.8 Å². The second-order valence-electron chi connectivity index (χ2n) is 7.37. The smallest absolute Gasteiger partial charge is 0.234 e. The minimum absolute atomic E-state index is 0.00686. The van der Waals surface area contributed by atoms with E-state index in [-0.39, 0.29) is 23.5 Å². The van der Waals surface area contributed by atoms with E-state index in [9.17, 15) is 9.59 Å². The first-order valence-electron chi connectivity index (χ1n) is 10.1. The molecule has 1 amide bonds. The Hall–Kier alpha value is -2.97. The highest BCUT2D eigenvalue weighted by Crippen LogP contribution is 2.28. The van der Waals surface area contributed by atoms with Crippen molar-refractivity contribution in [1.29, 1.82) is 0 Å². The molecule has 3 aromatic rings. The van der Waals surface area contributed by atoms with Crippen LogP contribution in [0.4, 0.5) is 5.69 Å². The van der Waals surface area contributed by atoms with Gasteiger partial charge in [0.1, 0.15) is 0 Å². The molecule has 7 nitrogen and oxygen atoms in total. The second-order valence-corrected chi connectivity index (χ2v) is 8.31. The molecule has 0 saturated heterocycles. The van der Waals surface area contributed by atoms with E-state index < -0.39 is 0 Å². The first-order valence-corrected chi connectivity index (χ1v) is 11.1. The number of hydrogen-bond donors (Lipinski definition) is 1. The van der Waals surface area contributed by atoms with Crippen molar-refractivity contribution >= 4 is 29.1 Å². The molecule has 1 N–H and O–H groups in total. The van der Waals surface area contributed by atoms with Gasteiger partial charge in [0, 0.05) is 16.9 Å². The van der Waals surface area contributed by atoms with Gasteiger partial charge in [-0.1, -0.05) is 36.9 Å². The van der Waals surface area contributed by atoms with Crippen molar-refractivity contribution in [3.05, 3.63) is 66.0 Å². The molecule has 3 rings (SSSR count). The molecule has 1 aromatic heterocycles. The Bertz CT molecular complexity index is 1030. The summed E-state index contributed by atoms with van der Waals surface area (Å²) in [7, 11) is 4.05. The largest absolute Gasteiger partial charge is 0.325 e. The van der Waals surface area contributed by atoms with Crippen LogP contribution in [0.1, 0.15) is 42.5 Å². The van der Waals surface area contributed by atoms with Gasteiger partial charge in [-0.05, 0) is 63.8 Å². The molecule has 0 aliphatic carbocycles. The van der Waals surface area contributed by atoms with Crippen LogP contribution in [0, 0.1) is 0 Å². The van der Waals surface area contributed by atoms with Crippen LogP contribution in [0.25, 0.3) is 5.69 Å². The Labute approximate surface area is 186 Å². The normalized spacial score (nSPS) is 12.0. The molecule has 162 valence electrons. The first-order chi connectivity index (χ1) is 14.9. The Morgan fingerprint density at radius 3 is 2.32 bits per heavy atom. The van der Waals surface area contributed by atoms with E-state index in [1.807, 2.05) is 49.0 Å². The molecule has 2 aromatic carbocycles. The predicted molar refractivity (Wildman–Crippen MR) is 124 cm³/mol.